The molecule has 0 spiro atoms. The summed E-state index contributed by atoms with van der Waals surface area (Å²) >= 11 is 0. The molecule has 0 saturated heterocycles. The molecule has 0 radical (unpaired) electrons. The van der Waals surface area contributed by atoms with Crippen LogP contribution in [0.2, 0.25) is 0 Å². The summed E-state index contributed by atoms with van der Waals surface area (Å²) in [7, 11) is 3.06. The Morgan fingerprint density at radius 1 is 0.962 bits per heavy atom. The minimum Gasteiger partial charge on any atom is -0.497 e. The molecule has 0 saturated carbocycles. The Hall–Kier alpha value is -3.08. The van der Waals surface area contributed by atoms with Crippen molar-refractivity contribution in [2.45, 2.75) is 19.4 Å². The second-order valence-corrected chi connectivity index (χ2v) is 6.01. The van der Waals surface area contributed by atoms with Crippen molar-refractivity contribution in [3.05, 3.63) is 83.4 Å². The highest BCUT2D eigenvalue weighted by Gasteiger charge is 2.07. The lowest BCUT2D eigenvalue weighted by atomic mass is 10.1. The highest BCUT2D eigenvalue weighted by Crippen LogP contribution is 2.14. The number of carbonyl (C=O) groups excluding carboxylic acids is 1. The molecule has 134 valence electrons. The van der Waals surface area contributed by atoms with Gasteiger partial charge in [0.25, 0.3) is 0 Å². The third-order valence-electron chi connectivity index (χ3n) is 4.33. The van der Waals surface area contributed by atoms with E-state index in [0.717, 1.165) is 36.5 Å². The molecule has 0 fully saturated rings. The van der Waals surface area contributed by atoms with Gasteiger partial charge in [0.15, 0.2) is 0 Å². The van der Waals surface area contributed by atoms with Gasteiger partial charge in [0.05, 0.1) is 19.8 Å². The summed E-state index contributed by atoms with van der Waals surface area (Å²) in [6, 6.07) is 15.6. The van der Waals surface area contributed by atoms with Crippen molar-refractivity contribution in [1.29, 1.82) is 0 Å². The minimum atomic E-state index is -0.320. The number of hydrogen-bond donors (Lipinski definition) is 0. The van der Waals surface area contributed by atoms with Gasteiger partial charge in [0, 0.05) is 25.4 Å². The number of imidazole rings is 1. The number of ether oxygens (including phenoxy) is 2. The molecular weight excluding hydrogens is 328 g/mol. The predicted molar refractivity (Wildman–Crippen MR) is 99.5 cm³/mol. The third kappa shape index (κ3) is 4.30. The monoisotopic (exact) mass is 350 g/mol. The molecule has 1 aromatic heterocycles. The van der Waals surface area contributed by atoms with Crippen LogP contribution in [0.1, 0.15) is 27.3 Å². The van der Waals surface area contributed by atoms with E-state index in [1.165, 1.54) is 12.7 Å². The number of hydrogen-bond acceptors (Lipinski definition) is 4. The van der Waals surface area contributed by atoms with Crippen molar-refractivity contribution in [1.82, 2.24) is 9.55 Å². The van der Waals surface area contributed by atoms with Gasteiger partial charge in [0.1, 0.15) is 11.6 Å². The molecule has 3 aromatic rings. The van der Waals surface area contributed by atoms with Crippen molar-refractivity contribution in [2.75, 3.05) is 14.2 Å². The molecule has 26 heavy (non-hydrogen) atoms. The summed E-state index contributed by atoms with van der Waals surface area (Å²) in [6.45, 7) is 0.722. The van der Waals surface area contributed by atoms with Crippen LogP contribution < -0.4 is 4.74 Å². The van der Waals surface area contributed by atoms with Crippen LogP contribution in [0.25, 0.3) is 0 Å². The summed E-state index contributed by atoms with van der Waals surface area (Å²) in [5.74, 6) is 1.59. The van der Waals surface area contributed by atoms with Crippen molar-refractivity contribution in [3.8, 4) is 5.75 Å². The van der Waals surface area contributed by atoms with Crippen LogP contribution in [0.3, 0.4) is 0 Å². The molecule has 2 aromatic carbocycles. The van der Waals surface area contributed by atoms with E-state index in [2.05, 4.69) is 21.7 Å². The fourth-order valence-electron chi connectivity index (χ4n) is 2.82. The van der Waals surface area contributed by atoms with E-state index < -0.39 is 0 Å². The molecule has 0 aliphatic carbocycles. The van der Waals surface area contributed by atoms with Crippen molar-refractivity contribution in [2.24, 2.45) is 0 Å². The number of methoxy groups -OCH3 is 2. The first-order valence-electron chi connectivity index (χ1n) is 8.50. The van der Waals surface area contributed by atoms with Gasteiger partial charge in [-0.25, -0.2) is 9.78 Å². The number of esters is 1. The molecule has 0 aliphatic heterocycles. The first-order chi connectivity index (χ1) is 12.7. The average molecular weight is 350 g/mol. The Labute approximate surface area is 153 Å². The highest BCUT2D eigenvalue weighted by molar-refractivity contribution is 5.89. The topological polar surface area (TPSA) is 53.4 Å². The lowest BCUT2D eigenvalue weighted by molar-refractivity contribution is 0.0600. The number of benzene rings is 2. The Kier molecular flexibility index (Phi) is 5.69. The summed E-state index contributed by atoms with van der Waals surface area (Å²) in [5.41, 5.74) is 2.92. The number of aryl methyl sites for hydroxylation is 2. The van der Waals surface area contributed by atoms with Crippen LogP contribution in [0.5, 0.6) is 5.75 Å². The number of rotatable bonds is 7. The van der Waals surface area contributed by atoms with Crippen molar-refractivity contribution < 1.29 is 14.3 Å². The molecule has 0 atom stereocenters. The Morgan fingerprint density at radius 2 is 1.65 bits per heavy atom. The van der Waals surface area contributed by atoms with E-state index in [1.54, 1.807) is 19.2 Å². The molecule has 3 rings (SSSR count). The van der Waals surface area contributed by atoms with Crippen LogP contribution in [0, 0.1) is 0 Å². The van der Waals surface area contributed by atoms with Crippen LogP contribution >= 0.6 is 0 Å². The van der Waals surface area contributed by atoms with Gasteiger partial charge in [-0.15, -0.1) is 0 Å². The van der Waals surface area contributed by atoms with Crippen LogP contribution in [0.4, 0.5) is 0 Å². The lowest BCUT2D eigenvalue weighted by Gasteiger charge is -2.09. The third-order valence-corrected chi connectivity index (χ3v) is 4.33. The first-order valence-corrected chi connectivity index (χ1v) is 8.50. The summed E-state index contributed by atoms with van der Waals surface area (Å²) in [4.78, 5) is 16.0. The number of nitrogens with zero attached hydrogens (tertiary/aromatic N) is 2. The molecule has 5 heteroatoms. The van der Waals surface area contributed by atoms with Gasteiger partial charge in [-0.05, 0) is 41.8 Å². The maximum atomic E-state index is 11.5. The molecule has 0 unspecified atom stereocenters. The molecular formula is C21H22N2O3. The highest BCUT2D eigenvalue weighted by atomic mass is 16.5. The van der Waals surface area contributed by atoms with Crippen molar-refractivity contribution in [3.63, 3.8) is 0 Å². The predicted octanol–water partition coefficient (Wildman–Crippen LogP) is 3.51. The minimum absolute atomic E-state index is 0.320. The first kappa shape index (κ1) is 17.7. The van der Waals surface area contributed by atoms with Gasteiger partial charge >= 0.3 is 5.97 Å². The molecule has 0 aliphatic rings. The van der Waals surface area contributed by atoms with Gasteiger partial charge in [-0.3, -0.25) is 0 Å². The maximum absolute atomic E-state index is 11.5. The second-order valence-electron chi connectivity index (χ2n) is 6.01. The van der Waals surface area contributed by atoms with E-state index in [9.17, 15) is 4.79 Å². The van der Waals surface area contributed by atoms with Crippen molar-refractivity contribution >= 4 is 5.97 Å². The molecule has 0 N–H and O–H groups in total. The fraction of sp³-hybridized carbons (Fsp3) is 0.238. The van der Waals surface area contributed by atoms with Gasteiger partial charge in [0.2, 0.25) is 0 Å². The Bertz CT molecular complexity index is 852. The van der Waals surface area contributed by atoms with Gasteiger partial charge < -0.3 is 14.0 Å². The van der Waals surface area contributed by atoms with Crippen LogP contribution in [-0.2, 0) is 24.1 Å². The summed E-state index contributed by atoms with van der Waals surface area (Å²) in [6.07, 6.45) is 5.59. The zero-order valence-electron chi connectivity index (χ0n) is 15.0. The van der Waals surface area contributed by atoms with Gasteiger partial charge in [-0.2, -0.15) is 0 Å². The molecule has 5 nitrogen and oxygen atoms in total. The van der Waals surface area contributed by atoms with Gasteiger partial charge in [-0.1, -0.05) is 24.3 Å². The largest absolute Gasteiger partial charge is 0.497 e. The van der Waals surface area contributed by atoms with E-state index in [0.29, 0.717) is 5.56 Å². The number of carbonyl (C=O) groups is 1. The summed E-state index contributed by atoms with van der Waals surface area (Å²) in [5, 5.41) is 0. The smallest absolute Gasteiger partial charge is 0.337 e. The summed E-state index contributed by atoms with van der Waals surface area (Å²) < 4.78 is 12.1. The van der Waals surface area contributed by atoms with Crippen LogP contribution in [-0.4, -0.2) is 29.7 Å². The fourth-order valence-corrected chi connectivity index (χ4v) is 2.82. The van der Waals surface area contributed by atoms with Crippen LogP contribution in [0.15, 0.2) is 60.9 Å². The van der Waals surface area contributed by atoms with E-state index in [1.807, 2.05) is 36.7 Å². The number of aromatic nitrogens is 2. The zero-order valence-corrected chi connectivity index (χ0v) is 15.0. The van der Waals surface area contributed by atoms with E-state index in [4.69, 9.17) is 9.47 Å². The van der Waals surface area contributed by atoms with E-state index in [-0.39, 0.29) is 5.97 Å². The molecule has 0 amide bonds. The zero-order chi connectivity index (χ0) is 18.4. The Morgan fingerprint density at radius 3 is 2.31 bits per heavy atom. The molecule has 1 heterocycles. The second kappa shape index (κ2) is 8.34. The lowest BCUT2D eigenvalue weighted by Crippen LogP contribution is -2.06. The quantitative estimate of drug-likeness (QED) is 0.612. The van der Waals surface area contributed by atoms with E-state index >= 15 is 0 Å². The SMILES string of the molecule is COC(=O)c1ccc(Cn2ccnc2CCc2ccc(OC)cc2)cc1. The Balaban J connectivity index is 1.63. The standard InChI is InChI=1S/C21H22N2O3/c1-25-19-10-5-16(6-11-19)7-12-20-22-13-14-23(20)15-17-3-8-18(9-4-17)21(24)26-2/h3-6,8-11,13-14H,7,12,15H2,1-2H3. The maximum Gasteiger partial charge on any atom is 0.337 e. The normalized spacial score (nSPS) is 10.5. The average Bonchev–Trinajstić information content (AvgIpc) is 3.13. The molecule has 0 bridgehead atoms.